The van der Waals surface area contributed by atoms with Crippen molar-refractivity contribution in [1.29, 1.82) is 0 Å². The summed E-state index contributed by atoms with van der Waals surface area (Å²) in [5.41, 5.74) is 3.20. The Morgan fingerprint density at radius 3 is 2.27 bits per heavy atom. The molecule has 9 rings (SSSR count). The fourth-order valence-electron chi connectivity index (χ4n) is 12.3. The maximum absolute atomic E-state index is 14.4. The number of ether oxygens (including phenoxy) is 12. The zero-order valence-electron chi connectivity index (χ0n) is 46.6. The number of aliphatic hydroxyl groups is 5. The molecule has 0 aromatic heterocycles. The van der Waals surface area contributed by atoms with E-state index < -0.39 is 131 Å². The molecule has 27 heteroatoms. The number of likely N-dealkylation sites (N-methyl/N-ethyl adjacent to an activating group) is 1. The highest BCUT2D eigenvalue weighted by atomic mass is 79.9. The third-order valence-electron chi connectivity index (χ3n) is 16.4. The average Bonchev–Trinajstić information content (AvgIpc) is 4.15. The number of ketones is 1. The van der Waals surface area contributed by atoms with Gasteiger partial charge in [-0.3, -0.25) is 14.4 Å². The van der Waals surface area contributed by atoms with Crippen LogP contribution in [0.1, 0.15) is 80.1 Å². The first-order chi connectivity index (χ1) is 38.7. The first-order valence-corrected chi connectivity index (χ1v) is 29.5. The third kappa shape index (κ3) is 11.5. The molecule has 2 aromatic rings. The van der Waals surface area contributed by atoms with Crippen LogP contribution in [0.3, 0.4) is 0 Å². The van der Waals surface area contributed by atoms with E-state index >= 15 is 0 Å². The molecule has 5 heterocycles. The summed E-state index contributed by atoms with van der Waals surface area (Å²) in [6.07, 6.45) is -15.3. The number of methoxy groups -OCH3 is 5. The van der Waals surface area contributed by atoms with E-state index in [1.54, 1.807) is 59.1 Å². The first-order valence-electron chi connectivity index (χ1n) is 26.9. The van der Waals surface area contributed by atoms with E-state index in [0.717, 1.165) is 11.8 Å². The van der Waals surface area contributed by atoms with Crippen LogP contribution in [0.15, 0.2) is 40.4 Å². The monoisotopic (exact) mass is 1240 g/mol. The summed E-state index contributed by atoms with van der Waals surface area (Å²) in [5.74, 6) is 0.0119. The van der Waals surface area contributed by atoms with Crippen molar-refractivity contribution in [3.05, 3.63) is 62.6 Å². The van der Waals surface area contributed by atoms with Gasteiger partial charge in [-0.1, -0.05) is 49.0 Å². The van der Waals surface area contributed by atoms with Crippen LogP contribution in [0.4, 0.5) is 4.79 Å². The average molecular weight is 1250 g/mol. The lowest BCUT2D eigenvalue weighted by molar-refractivity contribution is -0.343. The van der Waals surface area contributed by atoms with E-state index in [4.69, 9.17) is 61.7 Å². The second kappa shape index (κ2) is 25.7. The van der Waals surface area contributed by atoms with Crippen molar-refractivity contribution < 1.29 is 102 Å². The van der Waals surface area contributed by atoms with E-state index in [1.165, 1.54) is 40.2 Å². The molecule has 0 spiro atoms. The van der Waals surface area contributed by atoms with Crippen LogP contribution in [0, 0.1) is 6.92 Å². The molecule has 21 atom stereocenters. The van der Waals surface area contributed by atoms with Crippen molar-refractivity contribution in [2.45, 2.75) is 180 Å². The minimum atomic E-state index is -1.71. The molecule has 2 aromatic carbocycles. The van der Waals surface area contributed by atoms with E-state index in [2.05, 4.69) is 32.0 Å². The number of Topliss-reactive ketones (excluding diaryl/α,β-unsaturated/α-hetero) is 1. The molecular formula is C54H74BrN3O21S2. The highest BCUT2D eigenvalue weighted by Crippen LogP contribution is 2.65. The summed E-state index contributed by atoms with van der Waals surface area (Å²) in [4.78, 5) is 47.8. The molecule has 19 unspecified atom stereocenters. The van der Waals surface area contributed by atoms with Gasteiger partial charge in [0.25, 0.3) is 0 Å². The largest absolute Gasteiger partial charge is 0.492 e. The number of hydrogen-bond donors (Lipinski definition) is 8. The van der Waals surface area contributed by atoms with Gasteiger partial charge in [0, 0.05) is 39.2 Å². The highest BCUT2D eigenvalue weighted by molar-refractivity contribution is 9.10. The van der Waals surface area contributed by atoms with Gasteiger partial charge in [0.05, 0.1) is 90.6 Å². The second-order valence-electron chi connectivity index (χ2n) is 21.1. The molecule has 2 aliphatic carbocycles. The Morgan fingerprint density at radius 2 is 1.59 bits per heavy atom. The summed E-state index contributed by atoms with van der Waals surface area (Å²) in [7, 11) is 6.85. The quantitative estimate of drug-likeness (QED) is 0.0786. The number of halogens is 1. The van der Waals surface area contributed by atoms with E-state index in [-0.39, 0.29) is 65.3 Å². The van der Waals surface area contributed by atoms with Gasteiger partial charge in [0.1, 0.15) is 48.3 Å². The fourth-order valence-corrected chi connectivity index (χ4v) is 15.5. The van der Waals surface area contributed by atoms with Crippen molar-refractivity contribution in [2.75, 3.05) is 54.5 Å². The number of fused-ring (bicyclic) bond motifs is 2. The topological polar surface area (TPSA) is 308 Å². The Morgan fingerprint density at radius 1 is 0.864 bits per heavy atom. The number of aliphatic hydroxyl groups excluding tert-OH is 4. The van der Waals surface area contributed by atoms with Gasteiger partial charge in [-0.25, -0.2) is 4.79 Å². The van der Waals surface area contributed by atoms with Gasteiger partial charge >= 0.3 is 6.09 Å². The van der Waals surface area contributed by atoms with Crippen LogP contribution in [-0.4, -0.2) is 211 Å². The van der Waals surface area contributed by atoms with Crippen LogP contribution in [0.2, 0.25) is 0 Å². The zero-order valence-corrected chi connectivity index (χ0v) is 49.8. The molecule has 0 radical (unpaired) electrons. The van der Waals surface area contributed by atoms with E-state index in [1.807, 2.05) is 13.0 Å². The maximum atomic E-state index is 14.4. The molecule has 450 valence electrons. The van der Waals surface area contributed by atoms with Crippen molar-refractivity contribution in [3.63, 3.8) is 0 Å². The normalized spacial score (nSPS) is 39.2. The minimum absolute atomic E-state index is 0.00525. The second-order valence-corrected chi connectivity index (χ2v) is 24.3. The van der Waals surface area contributed by atoms with Crippen molar-refractivity contribution in [1.82, 2.24) is 16.1 Å². The van der Waals surface area contributed by atoms with Crippen LogP contribution >= 0.6 is 39.5 Å². The van der Waals surface area contributed by atoms with Gasteiger partial charge in [-0.2, -0.15) is 5.48 Å². The Balaban J connectivity index is 0.929. The van der Waals surface area contributed by atoms with Crippen molar-refractivity contribution in [3.8, 4) is 17.2 Å². The maximum Gasteiger partial charge on any atom is 0.407 e. The molecule has 24 nitrogen and oxygen atoms in total. The number of benzene rings is 2. The predicted molar refractivity (Wildman–Crippen MR) is 293 cm³/mol. The number of amides is 1. The number of thioether (sulfide) groups is 2. The Kier molecular flexibility index (Phi) is 19.8. The summed E-state index contributed by atoms with van der Waals surface area (Å²) < 4.78 is 71.6. The number of rotatable bonds is 18. The number of hydrogen-bond acceptors (Lipinski definition) is 25. The molecule has 1 amide bonds. The van der Waals surface area contributed by atoms with Gasteiger partial charge in [0.2, 0.25) is 17.2 Å². The summed E-state index contributed by atoms with van der Waals surface area (Å²) in [6.45, 7) is 9.50. The number of alkyl carbamates (subject to hydrolysis) is 1. The van der Waals surface area contributed by atoms with Gasteiger partial charge < -0.3 is 93.0 Å². The van der Waals surface area contributed by atoms with Crippen molar-refractivity contribution >= 4 is 56.4 Å². The highest BCUT2D eigenvalue weighted by Gasteiger charge is 2.69. The van der Waals surface area contributed by atoms with Crippen LogP contribution in [0.25, 0.3) is 0 Å². The fraction of sp³-hybridized carbons (Fsp3) is 0.685. The Hall–Kier alpha value is -3.27. The zero-order chi connectivity index (χ0) is 58.4. The molecule has 4 saturated heterocycles. The molecule has 8 N–H and O–H groups in total. The van der Waals surface area contributed by atoms with Gasteiger partial charge in [-0.05, 0) is 72.4 Å². The number of carbonyl (C=O) groups excluding carboxylic acids is 3. The van der Waals surface area contributed by atoms with E-state index in [0.29, 0.717) is 34.6 Å². The smallest absolute Gasteiger partial charge is 0.407 e. The third-order valence-corrected chi connectivity index (χ3v) is 20.2. The van der Waals surface area contributed by atoms with E-state index in [9.17, 15) is 39.9 Å². The lowest BCUT2D eigenvalue weighted by atomic mass is 9.59. The Bertz CT molecular complexity index is 2630. The summed E-state index contributed by atoms with van der Waals surface area (Å²) in [5, 5.41) is 63.2. The molecule has 1 saturated carbocycles. The summed E-state index contributed by atoms with van der Waals surface area (Å²) in [6, 6.07) is 4.70. The Labute approximate surface area is 486 Å². The SMILES string of the molecule is CCNC1COC(OC2C(O[C@@H]3c4ccccc4[C@]4(O)CC(=O)C(NC(=O)OC)C35SCC=C54)OC(C)C(NOC3CC(O)C(SC(=O)c4c(C)c(Br)c(OC5OC(C)C(O)C(OC)C5O)c(OC)c4OC)C(C)O3)C2O)CC1OC. The number of hydroxylamine groups is 1. The van der Waals surface area contributed by atoms with Gasteiger partial charge in [-0.15, -0.1) is 11.8 Å². The van der Waals surface area contributed by atoms with Crippen molar-refractivity contribution in [2.24, 2.45) is 0 Å². The summed E-state index contributed by atoms with van der Waals surface area (Å²) >= 11 is 5.71. The standard InChI is InChI=1S/C54H74BrN3O21S2/c1-11-56-28-21-72-33(19-31(28)67-6)76-44-39(62)37(23(3)74-51(44)78-48-26-14-12-13-15-27(26)53(66)20-30(60)47(57-52(65)71-10)54(48)32(53)16-17-80-54)58-79-34-18-29(59)46(25(5)73-34)81-49(64)35-22(2)36(55)42(45(70-9)41(35)68-7)77-50-40(63)43(69-8)38(61)24(4)75-50/h12-16,23-25,28-29,31,33-34,37-40,43-44,46-48,50-51,56,58-59,61-63,66H,11,17-21H2,1-10H3,(H,57,65)/t23?,24?,25?,28?,29?,31?,33?,34?,37?,38?,39?,40?,43?,44?,46?,47?,48-,50?,51?,53-,54?/m1/s1. The van der Waals surface area contributed by atoms with Crippen LogP contribution in [0.5, 0.6) is 17.2 Å². The minimum Gasteiger partial charge on any atom is -0.492 e. The number of carbonyl (C=O) groups is 3. The molecule has 5 aliphatic heterocycles. The van der Waals surface area contributed by atoms with Crippen LogP contribution in [-0.2, 0) is 57.9 Å². The predicted octanol–water partition coefficient (Wildman–Crippen LogP) is 2.56. The molecule has 5 fully saturated rings. The molecule has 2 bridgehead atoms. The number of nitrogens with one attached hydrogen (secondary N) is 3. The lowest BCUT2D eigenvalue weighted by Crippen LogP contribution is -2.69. The molecular weight excluding hydrogens is 1170 g/mol. The molecule has 81 heavy (non-hydrogen) atoms. The van der Waals surface area contributed by atoms with Crippen LogP contribution < -0.4 is 30.3 Å². The van der Waals surface area contributed by atoms with Gasteiger partial charge in [0.15, 0.2) is 36.2 Å². The molecule has 7 aliphatic rings. The first kappa shape index (κ1) is 62.3. The lowest BCUT2D eigenvalue weighted by Gasteiger charge is -2.57.